The third-order valence-electron chi connectivity index (χ3n) is 1.47. The van der Waals surface area contributed by atoms with Crippen LogP contribution in [0.4, 0.5) is 0 Å². The second-order valence-corrected chi connectivity index (χ2v) is 4.03. The van der Waals surface area contributed by atoms with E-state index in [-0.39, 0.29) is 5.92 Å². The third-order valence-corrected chi connectivity index (χ3v) is 2.21. The molecule has 0 amide bonds. The zero-order valence-electron chi connectivity index (χ0n) is 7.33. The van der Waals surface area contributed by atoms with Gasteiger partial charge in [0, 0.05) is 5.75 Å². The minimum absolute atomic E-state index is 0.162. The highest BCUT2D eigenvalue weighted by molar-refractivity contribution is 7.98. The molecule has 0 heterocycles. The van der Waals surface area contributed by atoms with Crippen molar-refractivity contribution in [2.24, 2.45) is 11.8 Å². The summed E-state index contributed by atoms with van der Waals surface area (Å²) in [4.78, 5) is 10.6. The second kappa shape index (κ2) is 5.47. The Bertz CT molecular complexity index is 123. The molecule has 1 atom stereocenters. The van der Waals surface area contributed by atoms with Crippen LogP contribution in [0, 0.1) is 11.8 Å². The normalized spacial score (nSPS) is 13.5. The lowest BCUT2D eigenvalue weighted by atomic mass is 9.99. The van der Waals surface area contributed by atoms with Gasteiger partial charge in [0.05, 0.1) is 5.92 Å². The second-order valence-electron chi connectivity index (χ2n) is 3.12. The number of rotatable bonds is 5. The van der Waals surface area contributed by atoms with Crippen LogP contribution in [0.5, 0.6) is 0 Å². The van der Waals surface area contributed by atoms with Crippen LogP contribution in [0.1, 0.15) is 20.3 Å². The molecule has 0 radical (unpaired) electrons. The molecule has 0 saturated carbocycles. The van der Waals surface area contributed by atoms with Crippen LogP contribution >= 0.6 is 11.8 Å². The monoisotopic (exact) mass is 176 g/mol. The summed E-state index contributed by atoms with van der Waals surface area (Å²) < 4.78 is 0. The molecule has 2 nitrogen and oxygen atoms in total. The van der Waals surface area contributed by atoms with Crippen molar-refractivity contribution in [1.29, 1.82) is 0 Å². The fraction of sp³-hybridized carbons (Fsp3) is 0.875. The summed E-state index contributed by atoms with van der Waals surface area (Å²) in [6.45, 7) is 4.10. The maximum atomic E-state index is 10.6. The maximum absolute atomic E-state index is 10.6. The quantitative estimate of drug-likeness (QED) is 0.697. The Balaban J connectivity index is 3.79. The zero-order chi connectivity index (χ0) is 8.85. The fourth-order valence-electron chi connectivity index (χ4n) is 1.01. The molecule has 66 valence electrons. The molecule has 0 fully saturated rings. The van der Waals surface area contributed by atoms with E-state index >= 15 is 0 Å². The van der Waals surface area contributed by atoms with Gasteiger partial charge in [-0.1, -0.05) is 13.8 Å². The SMILES string of the molecule is CSCC(CC(C)C)C(=O)O. The smallest absolute Gasteiger partial charge is 0.307 e. The molecule has 0 rings (SSSR count). The first-order valence-electron chi connectivity index (χ1n) is 3.79. The van der Waals surface area contributed by atoms with Crippen molar-refractivity contribution in [3.05, 3.63) is 0 Å². The van der Waals surface area contributed by atoms with Crippen LogP contribution in [0.2, 0.25) is 0 Å². The van der Waals surface area contributed by atoms with Crippen LogP contribution < -0.4 is 0 Å². The Morgan fingerprint density at radius 2 is 2.09 bits per heavy atom. The summed E-state index contributed by atoms with van der Waals surface area (Å²) in [5.74, 6) is 0.384. The van der Waals surface area contributed by atoms with Crippen LogP contribution in [0.25, 0.3) is 0 Å². The van der Waals surface area contributed by atoms with Gasteiger partial charge in [-0.05, 0) is 18.6 Å². The lowest BCUT2D eigenvalue weighted by Crippen LogP contribution is -2.18. The lowest BCUT2D eigenvalue weighted by molar-refractivity contribution is -0.141. The van der Waals surface area contributed by atoms with E-state index in [1.54, 1.807) is 11.8 Å². The number of carboxylic acid groups (broad SMARTS) is 1. The van der Waals surface area contributed by atoms with Crippen LogP contribution in [-0.4, -0.2) is 23.1 Å². The molecular weight excluding hydrogens is 160 g/mol. The van der Waals surface area contributed by atoms with Gasteiger partial charge in [0.2, 0.25) is 0 Å². The molecule has 3 heteroatoms. The summed E-state index contributed by atoms with van der Waals surface area (Å²) >= 11 is 1.60. The van der Waals surface area contributed by atoms with Crippen molar-refractivity contribution in [3.63, 3.8) is 0 Å². The van der Waals surface area contributed by atoms with Crippen molar-refractivity contribution in [2.75, 3.05) is 12.0 Å². The first-order chi connectivity index (χ1) is 5.07. The molecule has 0 saturated heterocycles. The number of hydrogen-bond acceptors (Lipinski definition) is 2. The Labute approximate surface area is 72.4 Å². The van der Waals surface area contributed by atoms with Crippen LogP contribution in [-0.2, 0) is 4.79 Å². The lowest BCUT2D eigenvalue weighted by Gasteiger charge is -2.12. The van der Waals surface area contributed by atoms with E-state index in [0.29, 0.717) is 5.92 Å². The molecule has 0 aliphatic rings. The minimum Gasteiger partial charge on any atom is -0.481 e. The van der Waals surface area contributed by atoms with Crippen molar-refractivity contribution in [3.8, 4) is 0 Å². The molecule has 0 aliphatic heterocycles. The van der Waals surface area contributed by atoms with Gasteiger partial charge in [-0.25, -0.2) is 0 Å². The summed E-state index contributed by atoms with van der Waals surface area (Å²) in [6, 6.07) is 0. The van der Waals surface area contributed by atoms with Crippen LogP contribution in [0.15, 0.2) is 0 Å². The predicted molar refractivity (Wildman–Crippen MR) is 49.0 cm³/mol. The third kappa shape index (κ3) is 5.13. The highest BCUT2D eigenvalue weighted by Crippen LogP contribution is 2.15. The van der Waals surface area contributed by atoms with Crippen molar-refractivity contribution in [1.82, 2.24) is 0 Å². The first kappa shape index (κ1) is 10.8. The van der Waals surface area contributed by atoms with Crippen molar-refractivity contribution < 1.29 is 9.90 Å². The molecule has 1 N–H and O–H groups in total. The van der Waals surface area contributed by atoms with Gasteiger partial charge in [-0.15, -0.1) is 0 Å². The summed E-state index contributed by atoms with van der Waals surface area (Å²) in [5.41, 5.74) is 0. The van der Waals surface area contributed by atoms with Gasteiger partial charge in [0.15, 0.2) is 0 Å². The van der Waals surface area contributed by atoms with E-state index in [9.17, 15) is 4.79 Å². The molecule has 0 aromatic heterocycles. The Morgan fingerprint density at radius 1 is 1.55 bits per heavy atom. The van der Waals surface area contributed by atoms with Gasteiger partial charge >= 0.3 is 5.97 Å². The highest BCUT2D eigenvalue weighted by atomic mass is 32.2. The first-order valence-corrected chi connectivity index (χ1v) is 5.19. The van der Waals surface area contributed by atoms with E-state index in [4.69, 9.17) is 5.11 Å². The Kier molecular flexibility index (Phi) is 5.38. The fourth-order valence-corrected chi connectivity index (χ4v) is 1.69. The summed E-state index contributed by atoms with van der Waals surface area (Å²) in [6.07, 6.45) is 2.73. The standard InChI is InChI=1S/C8H16O2S/c1-6(2)4-7(5-11-3)8(9)10/h6-7H,4-5H2,1-3H3,(H,9,10). The molecule has 0 aliphatic carbocycles. The van der Waals surface area contributed by atoms with Crippen molar-refractivity contribution >= 4 is 17.7 Å². The van der Waals surface area contributed by atoms with Gasteiger partial charge in [0.1, 0.15) is 0 Å². The van der Waals surface area contributed by atoms with Crippen molar-refractivity contribution in [2.45, 2.75) is 20.3 Å². The number of carbonyl (C=O) groups is 1. The number of thioether (sulfide) groups is 1. The molecule has 0 aromatic rings. The summed E-state index contributed by atoms with van der Waals surface area (Å²) in [7, 11) is 0. The number of hydrogen-bond donors (Lipinski definition) is 1. The van der Waals surface area contributed by atoms with E-state index in [0.717, 1.165) is 12.2 Å². The van der Waals surface area contributed by atoms with Crippen LogP contribution in [0.3, 0.4) is 0 Å². The average Bonchev–Trinajstić information content (AvgIpc) is 1.86. The van der Waals surface area contributed by atoms with Gasteiger partial charge in [-0.2, -0.15) is 11.8 Å². The Morgan fingerprint density at radius 3 is 2.36 bits per heavy atom. The molecule has 0 bridgehead atoms. The number of aliphatic carboxylic acids is 1. The van der Waals surface area contributed by atoms with Gasteiger partial charge in [0.25, 0.3) is 0 Å². The Hall–Kier alpha value is -0.180. The van der Waals surface area contributed by atoms with E-state index in [1.165, 1.54) is 0 Å². The predicted octanol–water partition coefficient (Wildman–Crippen LogP) is 2.10. The molecule has 11 heavy (non-hydrogen) atoms. The zero-order valence-corrected chi connectivity index (χ0v) is 8.15. The van der Waals surface area contributed by atoms with E-state index in [2.05, 4.69) is 13.8 Å². The summed E-state index contributed by atoms with van der Waals surface area (Å²) in [5, 5.41) is 8.74. The molecule has 1 unspecified atom stereocenters. The maximum Gasteiger partial charge on any atom is 0.307 e. The molecule has 0 aromatic carbocycles. The number of carboxylic acids is 1. The molecule has 0 spiro atoms. The minimum atomic E-state index is -0.659. The van der Waals surface area contributed by atoms with E-state index in [1.807, 2.05) is 6.26 Å². The van der Waals surface area contributed by atoms with Gasteiger partial charge in [-0.3, -0.25) is 4.79 Å². The average molecular weight is 176 g/mol. The molecular formula is C8H16O2S. The van der Waals surface area contributed by atoms with E-state index < -0.39 is 5.97 Å². The van der Waals surface area contributed by atoms with Gasteiger partial charge < -0.3 is 5.11 Å². The largest absolute Gasteiger partial charge is 0.481 e. The highest BCUT2D eigenvalue weighted by Gasteiger charge is 2.17. The topological polar surface area (TPSA) is 37.3 Å².